The van der Waals surface area contributed by atoms with Crippen LogP contribution in [0, 0.1) is 0 Å². The Morgan fingerprint density at radius 2 is 1.78 bits per heavy atom. The van der Waals surface area contributed by atoms with Crippen LogP contribution >= 0.6 is 11.6 Å². The van der Waals surface area contributed by atoms with E-state index in [-0.39, 0.29) is 17.9 Å². The SMILES string of the molecule is O=C(CN1CCC(NC(=O)c2ccccc2)CC1)NCc1cccc(Cl)c1. The van der Waals surface area contributed by atoms with Gasteiger partial charge in [-0.25, -0.2) is 0 Å². The molecule has 0 radical (unpaired) electrons. The van der Waals surface area contributed by atoms with E-state index in [4.69, 9.17) is 11.6 Å². The molecule has 0 bridgehead atoms. The number of nitrogens with zero attached hydrogens (tertiary/aromatic N) is 1. The zero-order valence-electron chi connectivity index (χ0n) is 15.2. The largest absolute Gasteiger partial charge is 0.351 e. The lowest BCUT2D eigenvalue weighted by molar-refractivity contribution is -0.122. The van der Waals surface area contributed by atoms with Crippen LogP contribution in [0.15, 0.2) is 54.6 Å². The summed E-state index contributed by atoms with van der Waals surface area (Å²) >= 11 is 5.95. The topological polar surface area (TPSA) is 61.4 Å². The van der Waals surface area contributed by atoms with Gasteiger partial charge >= 0.3 is 0 Å². The maximum atomic E-state index is 12.2. The molecule has 1 aliphatic heterocycles. The number of hydrogen-bond acceptors (Lipinski definition) is 3. The minimum absolute atomic E-state index is 0.00162. The molecule has 1 saturated heterocycles. The Hall–Kier alpha value is -2.37. The summed E-state index contributed by atoms with van der Waals surface area (Å²) < 4.78 is 0. The highest BCUT2D eigenvalue weighted by atomic mass is 35.5. The molecule has 0 saturated carbocycles. The molecule has 2 aromatic rings. The van der Waals surface area contributed by atoms with Gasteiger partial charge in [-0.1, -0.05) is 41.9 Å². The van der Waals surface area contributed by atoms with Crippen LogP contribution in [0.4, 0.5) is 0 Å². The molecular weight excluding hydrogens is 362 g/mol. The molecule has 0 atom stereocenters. The summed E-state index contributed by atoms with van der Waals surface area (Å²) in [7, 11) is 0. The zero-order chi connectivity index (χ0) is 19.1. The monoisotopic (exact) mass is 385 g/mol. The smallest absolute Gasteiger partial charge is 0.251 e. The first kappa shape index (κ1) is 19.4. The Labute approximate surface area is 164 Å². The standard InChI is InChI=1S/C21H24ClN3O2/c22-18-8-4-5-16(13-18)14-23-20(26)15-25-11-9-19(10-12-25)24-21(27)17-6-2-1-3-7-17/h1-8,13,19H,9-12,14-15H2,(H,23,26)(H,24,27). The van der Waals surface area contributed by atoms with Crippen LogP contribution in [0.1, 0.15) is 28.8 Å². The summed E-state index contributed by atoms with van der Waals surface area (Å²) in [6, 6.07) is 16.9. The molecule has 1 heterocycles. The lowest BCUT2D eigenvalue weighted by Crippen LogP contribution is -2.47. The quantitative estimate of drug-likeness (QED) is 0.803. The van der Waals surface area contributed by atoms with Gasteiger partial charge in [-0.2, -0.15) is 0 Å². The van der Waals surface area contributed by atoms with E-state index < -0.39 is 0 Å². The first-order valence-corrected chi connectivity index (χ1v) is 9.57. The van der Waals surface area contributed by atoms with E-state index in [2.05, 4.69) is 15.5 Å². The molecule has 2 N–H and O–H groups in total. The summed E-state index contributed by atoms with van der Waals surface area (Å²) in [5.74, 6) is -0.0324. The molecule has 1 aliphatic rings. The fourth-order valence-corrected chi connectivity index (χ4v) is 3.41. The van der Waals surface area contributed by atoms with Gasteiger partial charge in [0.25, 0.3) is 5.91 Å². The highest BCUT2D eigenvalue weighted by molar-refractivity contribution is 6.30. The third-order valence-electron chi connectivity index (χ3n) is 4.70. The van der Waals surface area contributed by atoms with Gasteiger partial charge < -0.3 is 10.6 Å². The van der Waals surface area contributed by atoms with Crippen LogP contribution < -0.4 is 10.6 Å². The number of piperidine rings is 1. The van der Waals surface area contributed by atoms with Crippen molar-refractivity contribution in [2.24, 2.45) is 0 Å². The average molecular weight is 386 g/mol. The molecular formula is C21H24ClN3O2. The Morgan fingerprint density at radius 1 is 1.04 bits per heavy atom. The van der Waals surface area contributed by atoms with Crippen molar-refractivity contribution >= 4 is 23.4 Å². The van der Waals surface area contributed by atoms with E-state index in [1.807, 2.05) is 54.6 Å². The summed E-state index contributed by atoms with van der Waals surface area (Å²) in [4.78, 5) is 26.5. The summed E-state index contributed by atoms with van der Waals surface area (Å²) in [6.45, 7) is 2.44. The number of likely N-dealkylation sites (tertiary alicyclic amines) is 1. The predicted molar refractivity (Wildman–Crippen MR) is 107 cm³/mol. The Kier molecular flexibility index (Phi) is 6.85. The van der Waals surface area contributed by atoms with Crippen LogP contribution in [0.2, 0.25) is 5.02 Å². The van der Waals surface area contributed by atoms with Crippen LogP contribution in [0.25, 0.3) is 0 Å². The molecule has 0 unspecified atom stereocenters. The first-order chi connectivity index (χ1) is 13.1. The van der Waals surface area contributed by atoms with Gasteiger partial charge in [0.05, 0.1) is 6.54 Å². The molecule has 2 amide bonds. The highest BCUT2D eigenvalue weighted by Crippen LogP contribution is 2.12. The van der Waals surface area contributed by atoms with Gasteiger partial charge in [0.15, 0.2) is 0 Å². The van der Waals surface area contributed by atoms with Crippen molar-refractivity contribution in [3.63, 3.8) is 0 Å². The highest BCUT2D eigenvalue weighted by Gasteiger charge is 2.22. The molecule has 0 aliphatic carbocycles. The normalized spacial score (nSPS) is 15.3. The van der Waals surface area contributed by atoms with Gasteiger partial charge in [-0.05, 0) is 42.7 Å². The second kappa shape index (κ2) is 9.53. The molecule has 27 heavy (non-hydrogen) atoms. The number of carbonyl (C=O) groups excluding carboxylic acids is 2. The summed E-state index contributed by atoms with van der Waals surface area (Å²) in [6.07, 6.45) is 1.69. The van der Waals surface area contributed by atoms with Crippen LogP contribution in [-0.2, 0) is 11.3 Å². The molecule has 2 aromatic carbocycles. The molecule has 142 valence electrons. The minimum atomic E-state index is -0.0340. The fourth-order valence-electron chi connectivity index (χ4n) is 3.20. The maximum absolute atomic E-state index is 12.2. The third-order valence-corrected chi connectivity index (χ3v) is 4.94. The lowest BCUT2D eigenvalue weighted by atomic mass is 10.0. The summed E-state index contributed by atoms with van der Waals surface area (Å²) in [5.41, 5.74) is 1.67. The average Bonchev–Trinajstić information content (AvgIpc) is 2.69. The van der Waals surface area contributed by atoms with Crippen molar-refractivity contribution in [1.29, 1.82) is 0 Å². The number of rotatable bonds is 6. The fraction of sp³-hybridized carbons (Fsp3) is 0.333. The third kappa shape index (κ3) is 6.08. The van der Waals surface area contributed by atoms with E-state index in [0.29, 0.717) is 23.7 Å². The minimum Gasteiger partial charge on any atom is -0.351 e. The number of halogens is 1. The van der Waals surface area contributed by atoms with Crippen molar-refractivity contribution in [3.05, 3.63) is 70.7 Å². The first-order valence-electron chi connectivity index (χ1n) is 9.19. The number of benzene rings is 2. The van der Waals surface area contributed by atoms with Gasteiger partial charge in [0, 0.05) is 36.3 Å². The molecule has 0 spiro atoms. The van der Waals surface area contributed by atoms with Crippen molar-refractivity contribution in [1.82, 2.24) is 15.5 Å². The lowest BCUT2D eigenvalue weighted by Gasteiger charge is -2.31. The molecule has 3 rings (SSSR count). The number of amides is 2. The van der Waals surface area contributed by atoms with E-state index in [1.54, 1.807) is 0 Å². The number of carbonyl (C=O) groups is 2. The van der Waals surface area contributed by atoms with Crippen LogP contribution in [0.3, 0.4) is 0 Å². The Bertz CT molecular complexity index is 774. The summed E-state index contributed by atoms with van der Waals surface area (Å²) in [5, 5.41) is 6.68. The van der Waals surface area contributed by atoms with Crippen LogP contribution in [0.5, 0.6) is 0 Å². The van der Waals surface area contributed by atoms with Gasteiger partial charge in [0.1, 0.15) is 0 Å². The van der Waals surface area contributed by atoms with Gasteiger partial charge in [-0.3, -0.25) is 14.5 Å². The van der Waals surface area contributed by atoms with Crippen LogP contribution in [-0.4, -0.2) is 42.4 Å². The van der Waals surface area contributed by atoms with Crippen molar-refractivity contribution in [3.8, 4) is 0 Å². The van der Waals surface area contributed by atoms with Crippen molar-refractivity contribution < 1.29 is 9.59 Å². The van der Waals surface area contributed by atoms with Crippen molar-refractivity contribution in [2.45, 2.75) is 25.4 Å². The Morgan fingerprint density at radius 3 is 2.48 bits per heavy atom. The second-order valence-corrected chi connectivity index (χ2v) is 7.23. The van der Waals surface area contributed by atoms with E-state index in [9.17, 15) is 9.59 Å². The molecule has 6 heteroatoms. The molecule has 1 fully saturated rings. The van der Waals surface area contributed by atoms with E-state index in [1.165, 1.54) is 0 Å². The molecule has 0 aromatic heterocycles. The number of hydrogen-bond donors (Lipinski definition) is 2. The van der Waals surface area contributed by atoms with Crippen molar-refractivity contribution in [2.75, 3.05) is 19.6 Å². The Balaban J connectivity index is 1.37. The zero-order valence-corrected chi connectivity index (χ0v) is 15.9. The number of nitrogens with one attached hydrogen (secondary N) is 2. The van der Waals surface area contributed by atoms with Gasteiger partial charge in [0.2, 0.25) is 5.91 Å². The van der Waals surface area contributed by atoms with E-state index >= 15 is 0 Å². The predicted octanol–water partition coefficient (Wildman–Crippen LogP) is 2.85. The maximum Gasteiger partial charge on any atom is 0.251 e. The second-order valence-electron chi connectivity index (χ2n) is 6.80. The molecule has 5 nitrogen and oxygen atoms in total. The van der Waals surface area contributed by atoms with E-state index in [0.717, 1.165) is 31.5 Å². The van der Waals surface area contributed by atoms with Gasteiger partial charge in [-0.15, -0.1) is 0 Å².